The Kier molecular flexibility index (Phi) is 5.75. The Balaban J connectivity index is 1.40. The van der Waals surface area contributed by atoms with E-state index in [1.165, 1.54) is 22.3 Å². The molecular formula is C36H24BNO. The van der Waals surface area contributed by atoms with Crippen molar-refractivity contribution in [3.63, 3.8) is 0 Å². The van der Waals surface area contributed by atoms with Crippen molar-refractivity contribution in [1.29, 1.82) is 0 Å². The predicted molar refractivity (Wildman–Crippen MR) is 165 cm³/mol. The average molecular weight is 497 g/mol. The highest BCUT2D eigenvalue weighted by Crippen LogP contribution is 2.42. The minimum atomic E-state index is 0.639. The minimum Gasteiger partial charge on any atom is -0.454 e. The topological polar surface area (TPSA) is 16.4 Å². The van der Waals surface area contributed by atoms with Crippen molar-refractivity contribution in [3.8, 4) is 22.3 Å². The van der Waals surface area contributed by atoms with Crippen LogP contribution in [0.5, 0.6) is 0 Å². The maximum atomic E-state index is 6.46. The Morgan fingerprint density at radius 3 is 1.41 bits per heavy atom. The minimum absolute atomic E-state index is 0.639. The second kappa shape index (κ2) is 9.70. The molecule has 7 aromatic rings. The van der Waals surface area contributed by atoms with E-state index in [1.807, 2.05) is 24.3 Å². The highest BCUT2D eigenvalue weighted by Gasteiger charge is 2.19. The molecule has 0 fully saturated rings. The van der Waals surface area contributed by atoms with Crippen LogP contribution >= 0.6 is 0 Å². The van der Waals surface area contributed by atoms with Crippen LogP contribution < -0.4 is 10.4 Å². The SMILES string of the molecule is [B]c1cccc2c1oc1c(N(c3ccc(-c4ccccc4)cc3)c3ccc(-c4ccccc4)cc3)cccc12. The lowest BCUT2D eigenvalue weighted by Gasteiger charge is -2.26. The molecule has 0 N–H and O–H groups in total. The molecule has 0 bridgehead atoms. The summed E-state index contributed by atoms with van der Waals surface area (Å²) in [6.07, 6.45) is 0. The van der Waals surface area contributed by atoms with E-state index in [0.717, 1.165) is 39.0 Å². The van der Waals surface area contributed by atoms with Gasteiger partial charge in [0.15, 0.2) is 5.58 Å². The molecule has 0 aliphatic heterocycles. The fraction of sp³-hybridized carbons (Fsp3) is 0. The van der Waals surface area contributed by atoms with E-state index in [4.69, 9.17) is 12.3 Å². The van der Waals surface area contributed by atoms with Crippen LogP contribution in [0.15, 0.2) is 150 Å². The smallest absolute Gasteiger partial charge is 0.159 e. The molecule has 0 aliphatic rings. The fourth-order valence-corrected chi connectivity index (χ4v) is 5.30. The van der Waals surface area contributed by atoms with Gasteiger partial charge < -0.3 is 9.32 Å². The lowest BCUT2D eigenvalue weighted by atomic mass is 9.94. The van der Waals surface area contributed by atoms with Crippen LogP contribution in [-0.2, 0) is 0 Å². The molecular weight excluding hydrogens is 473 g/mol. The van der Waals surface area contributed by atoms with Crippen molar-refractivity contribution in [2.24, 2.45) is 0 Å². The summed E-state index contributed by atoms with van der Waals surface area (Å²) in [5, 5.41) is 2.06. The number of benzene rings is 6. The summed E-state index contributed by atoms with van der Waals surface area (Å²) in [6.45, 7) is 0. The summed E-state index contributed by atoms with van der Waals surface area (Å²) in [5.74, 6) is 0. The summed E-state index contributed by atoms with van der Waals surface area (Å²) in [5.41, 5.74) is 9.95. The van der Waals surface area contributed by atoms with Gasteiger partial charge in [0.05, 0.1) is 5.69 Å². The summed E-state index contributed by atoms with van der Waals surface area (Å²) in [6, 6.07) is 50.5. The number of furan rings is 1. The molecule has 2 nitrogen and oxygen atoms in total. The zero-order valence-electron chi connectivity index (χ0n) is 21.3. The fourth-order valence-electron chi connectivity index (χ4n) is 5.30. The molecule has 0 amide bonds. The highest BCUT2D eigenvalue weighted by atomic mass is 16.3. The van der Waals surface area contributed by atoms with Crippen molar-refractivity contribution in [2.45, 2.75) is 0 Å². The molecule has 7 rings (SSSR count). The van der Waals surface area contributed by atoms with Gasteiger partial charge in [0.2, 0.25) is 0 Å². The second-order valence-corrected chi connectivity index (χ2v) is 9.64. The van der Waals surface area contributed by atoms with Crippen molar-refractivity contribution >= 4 is 52.3 Å². The summed E-state index contributed by atoms with van der Waals surface area (Å²) >= 11 is 0. The van der Waals surface area contributed by atoms with Crippen LogP contribution in [0.4, 0.5) is 17.1 Å². The summed E-state index contributed by atoms with van der Waals surface area (Å²) in [7, 11) is 6.30. The summed E-state index contributed by atoms with van der Waals surface area (Å²) in [4.78, 5) is 2.25. The third-order valence-corrected chi connectivity index (χ3v) is 7.24. The first-order chi connectivity index (χ1) is 19.3. The number of nitrogens with zero attached hydrogens (tertiary/aromatic N) is 1. The van der Waals surface area contributed by atoms with Crippen molar-refractivity contribution in [2.75, 3.05) is 4.90 Å². The molecule has 0 saturated heterocycles. The molecule has 1 aromatic heterocycles. The van der Waals surface area contributed by atoms with Crippen LogP contribution in [0.1, 0.15) is 0 Å². The normalized spacial score (nSPS) is 11.2. The third-order valence-electron chi connectivity index (χ3n) is 7.24. The van der Waals surface area contributed by atoms with E-state index >= 15 is 0 Å². The van der Waals surface area contributed by atoms with Gasteiger partial charge in [0.1, 0.15) is 13.4 Å². The Bertz CT molecular complexity index is 1810. The first-order valence-electron chi connectivity index (χ1n) is 13.1. The van der Waals surface area contributed by atoms with Gasteiger partial charge in [-0.05, 0) is 52.6 Å². The molecule has 39 heavy (non-hydrogen) atoms. The number of hydrogen-bond donors (Lipinski definition) is 0. The molecule has 1 heterocycles. The van der Waals surface area contributed by atoms with Gasteiger partial charge in [-0.3, -0.25) is 0 Å². The molecule has 2 radical (unpaired) electrons. The number of anilines is 3. The third kappa shape index (κ3) is 4.19. The van der Waals surface area contributed by atoms with Gasteiger partial charge in [0, 0.05) is 22.1 Å². The number of para-hydroxylation sites is 2. The van der Waals surface area contributed by atoms with Gasteiger partial charge in [-0.15, -0.1) is 0 Å². The van der Waals surface area contributed by atoms with Crippen LogP contribution in [0.3, 0.4) is 0 Å². The zero-order chi connectivity index (χ0) is 26.2. The number of hydrogen-bond acceptors (Lipinski definition) is 2. The van der Waals surface area contributed by atoms with E-state index in [1.54, 1.807) is 0 Å². The van der Waals surface area contributed by atoms with E-state index in [2.05, 4.69) is 126 Å². The van der Waals surface area contributed by atoms with Crippen molar-refractivity contribution < 1.29 is 4.42 Å². The van der Waals surface area contributed by atoms with E-state index < -0.39 is 0 Å². The standard InChI is InChI=1S/C36H24BNO/c37-33-15-7-13-31-32-14-8-16-34(36(32)39-35(31)33)38(29-21-17-27(18-22-29)25-9-3-1-4-10-25)30-23-19-28(20-24-30)26-11-5-2-6-12-26/h1-24H. The van der Waals surface area contributed by atoms with E-state index in [0.29, 0.717) is 5.46 Å². The predicted octanol–water partition coefficient (Wildman–Crippen LogP) is 9.18. The van der Waals surface area contributed by atoms with Crippen LogP contribution in [0, 0.1) is 0 Å². The maximum absolute atomic E-state index is 6.46. The van der Waals surface area contributed by atoms with Gasteiger partial charge in [-0.2, -0.15) is 0 Å². The summed E-state index contributed by atoms with van der Waals surface area (Å²) < 4.78 is 6.46. The van der Waals surface area contributed by atoms with Crippen molar-refractivity contribution in [1.82, 2.24) is 0 Å². The zero-order valence-corrected chi connectivity index (χ0v) is 21.3. The highest BCUT2D eigenvalue weighted by molar-refractivity contribution is 6.39. The van der Waals surface area contributed by atoms with Gasteiger partial charge in [-0.25, -0.2) is 0 Å². The molecule has 0 atom stereocenters. The molecule has 3 heteroatoms. The van der Waals surface area contributed by atoms with Crippen molar-refractivity contribution in [3.05, 3.63) is 146 Å². The number of rotatable bonds is 5. The second-order valence-electron chi connectivity index (χ2n) is 9.64. The molecule has 0 saturated carbocycles. The Morgan fingerprint density at radius 1 is 0.410 bits per heavy atom. The van der Waals surface area contributed by atoms with E-state index in [9.17, 15) is 0 Å². The quantitative estimate of drug-likeness (QED) is 0.221. The molecule has 0 unspecified atom stereocenters. The Morgan fingerprint density at radius 2 is 0.872 bits per heavy atom. The van der Waals surface area contributed by atoms with Gasteiger partial charge >= 0.3 is 0 Å². The first kappa shape index (κ1) is 23.1. The number of fused-ring (bicyclic) bond motifs is 3. The first-order valence-corrected chi connectivity index (χ1v) is 13.1. The van der Waals surface area contributed by atoms with Crippen LogP contribution in [-0.4, -0.2) is 7.85 Å². The lowest BCUT2D eigenvalue weighted by Crippen LogP contribution is -2.10. The Hall–Kier alpha value is -5.02. The van der Waals surface area contributed by atoms with E-state index in [-0.39, 0.29) is 0 Å². The maximum Gasteiger partial charge on any atom is 0.159 e. The molecule has 6 aromatic carbocycles. The monoisotopic (exact) mass is 497 g/mol. The largest absolute Gasteiger partial charge is 0.454 e. The van der Waals surface area contributed by atoms with Gasteiger partial charge in [-0.1, -0.05) is 121 Å². The molecule has 0 aliphatic carbocycles. The lowest BCUT2D eigenvalue weighted by molar-refractivity contribution is 0.671. The molecule has 0 spiro atoms. The van der Waals surface area contributed by atoms with Gasteiger partial charge in [0.25, 0.3) is 0 Å². The van der Waals surface area contributed by atoms with Crippen LogP contribution in [0.25, 0.3) is 44.2 Å². The van der Waals surface area contributed by atoms with Crippen LogP contribution in [0.2, 0.25) is 0 Å². The average Bonchev–Trinajstić information content (AvgIpc) is 3.40. The molecule has 182 valence electrons. The Labute approximate surface area is 229 Å².